The van der Waals surface area contributed by atoms with Crippen LogP contribution in [-0.4, -0.2) is 80.2 Å². The molecule has 8 nitrogen and oxygen atoms in total. The third-order valence-corrected chi connectivity index (χ3v) is 5.01. The Hall–Kier alpha value is -1.26. The van der Waals surface area contributed by atoms with E-state index in [1.54, 1.807) is 9.80 Å². The average molecular weight is 540 g/mol. The van der Waals surface area contributed by atoms with Crippen molar-refractivity contribution in [3.63, 3.8) is 0 Å². The number of carbonyl (C=O) groups excluding carboxylic acids is 2. The Morgan fingerprint density at radius 3 is 2.17 bits per heavy atom. The van der Waals surface area contributed by atoms with Gasteiger partial charge in [0.1, 0.15) is 5.60 Å². The molecule has 2 amide bonds. The first-order valence-electron chi connectivity index (χ1n) is 10.8. The van der Waals surface area contributed by atoms with Gasteiger partial charge in [0.05, 0.1) is 12.0 Å². The lowest BCUT2D eigenvalue weighted by Gasteiger charge is -2.29. The summed E-state index contributed by atoms with van der Waals surface area (Å²) in [6.07, 6.45) is 3.59. The van der Waals surface area contributed by atoms with Crippen molar-refractivity contribution in [3.05, 3.63) is 0 Å². The molecule has 176 valence electrons. The molecule has 1 aliphatic rings. The predicted octanol–water partition coefficient (Wildman–Crippen LogP) is 3.07. The van der Waals surface area contributed by atoms with E-state index in [0.717, 1.165) is 32.2 Å². The minimum atomic E-state index is -0.511. The van der Waals surface area contributed by atoms with Crippen LogP contribution < -0.4 is 10.6 Å². The molecular formula is C21H42IN5O3. The van der Waals surface area contributed by atoms with Crippen molar-refractivity contribution < 1.29 is 14.3 Å². The van der Waals surface area contributed by atoms with Gasteiger partial charge in [-0.3, -0.25) is 9.79 Å². The van der Waals surface area contributed by atoms with E-state index in [1.807, 2.05) is 48.7 Å². The van der Waals surface area contributed by atoms with Crippen LogP contribution in [0.25, 0.3) is 0 Å². The Bertz CT molecular complexity index is 569. The number of ether oxygens (including phenoxy) is 1. The van der Waals surface area contributed by atoms with Crippen LogP contribution in [0.5, 0.6) is 0 Å². The van der Waals surface area contributed by atoms with E-state index in [4.69, 9.17) is 9.73 Å². The lowest BCUT2D eigenvalue weighted by Crippen LogP contribution is -2.45. The van der Waals surface area contributed by atoms with Gasteiger partial charge >= 0.3 is 6.09 Å². The maximum atomic E-state index is 12.7. The smallest absolute Gasteiger partial charge is 0.410 e. The molecule has 1 saturated carbocycles. The topological polar surface area (TPSA) is 86.3 Å². The second-order valence-corrected chi connectivity index (χ2v) is 8.87. The van der Waals surface area contributed by atoms with Gasteiger partial charge < -0.3 is 25.2 Å². The number of carbonyl (C=O) groups is 2. The van der Waals surface area contributed by atoms with Crippen molar-refractivity contribution in [2.45, 2.75) is 65.9 Å². The first-order valence-corrected chi connectivity index (χ1v) is 10.8. The van der Waals surface area contributed by atoms with Gasteiger partial charge in [-0.15, -0.1) is 24.0 Å². The zero-order valence-electron chi connectivity index (χ0n) is 19.8. The highest BCUT2D eigenvalue weighted by atomic mass is 127. The van der Waals surface area contributed by atoms with E-state index in [2.05, 4.69) is 10.6 Å². The first kappa shape index (κ1) is 28.7. The average Bonchev–Trinajstić information content (AvgIpc) is 3.10. The molecule has 0 atom stereocenters. The van der Waals surface area contributed by atoms with Crippen molar-refractivity contribution in [1.82, 2.24) is 20.4 Å². The van der Waals surface area contributed by atoms with Crippen LogP contribution in [0.3, 0.4) is 0 Å². The fourth-order valence-electron chi connectivity index (χ4n) is 3.55. The standard InChI is InChI=1S/C21H41N5O3.HI/c1-8-22-18(23-14-15-26(9-2)19(28)29-20(3,4)5)24-16-21(12-10-11-13-21)17(27)25(6)7;/h8-16H2,1-7H3,(H2,22,23,24);1H. The van der Waals surface area contributed by atoms with Gasteiger partial charge in [-0.05, 0) is 47.5 Å². The number of nitrogens with one attached hydrogen (secondary N) is 2. The normalized spacial score (nSPS) is 15.8. The van der Waals surface area contributed by atoms with E-state index in [1.165, 1.54) is 0 Å². The second kappa shape index (κ2) is 13.2. The second-order valence-electron chi connectivity index (χ2n) is 8.87. The molecule has 0 aromatic rings. The Morgan fingerprint density at radius 1 is 1.10 bits per heavy atom. The van der Waals surface area contributed by atoms with Crippen LogP contribution in [0.1, 0.15) is 60.3 Å². The van der Waals surface area contributed by atoms with Gasteiger partial charge in [0.15, 0.2) is 5.96 Å². The van der Waals surface area contributed by atoms with Crippen molar-refractivity contribution in [1.29, 1.82) is 0 Å². The molecule has 0 bridgehead atoms. The van der Waals surface area contributed by atoms with Crippen molar-refractivity contribution in [3.8, 4) is 0 Å². The lowest BCUT2D eigenvalue weighted by molar-refractivity contribution is -0.138. The number of hydrogen-bond acceptors (Lipinski definition) is 4. The number of guanidine groups is 1. The Morgan fingerprint density at radius 2 is 1.70 bits per heavy atom. The molecule has 2 N–H and O–H groups in total. The molecule has 0 unspecified atom stereocenters. The number of likely N-dealkylation sites (N-methyl/N-ethyl adjacent to an activating group) is 1. The molecule has 0 aliphatic heterocycles. The summed E-state index contributed by atoms with van der Waals surface area (Å²) in [4.78, 5) is 33.0. The summed E-state index contributed by atoms with van der Waals surface area (Å²) in [5, 5.41) is 6.51. The van der Waals surface area contributed by atoms with E-state index in [0.29, 0.717) is 32.1 Å². The lowest BCUT2D eigenvalue weighted by atomic mass is 9.85. The highest BCUT2D eigenvalue weighted by Crippen LogP contribution is 2.39. The largest absolute Gasteiger partial charge is 0.444 e. The van der Waals surface area contributed by atoms with Gasteiger partial charge in [-0.2, -0.15) is 0 Å². The van der Waals surface area contributed by atoms with Crippen molar-refractivity contribution >= 4 is 41.9 Å². The van der Waals surface area contributed by atoms with Crippen LogP contribution >= 0.6 is 24.0 Å². The molecule has 1 fully saturated rings. The monoisotopic (exact) mass is 539 g/mol. The summed E-state index contributed by atoms with van der Waals surface area (Å²) in [7, 11) is 3.62. The summed E-state index contributed by atoms with van der Waals surface area (Å²) in [6, 6.07) is 0. The highest BCUT2D eigenvalue weighted by Gasteiger charge is 2.42. The summed E-state index contributed by atoms with van der Waals surface area (Å²) in [5.41, 5.74) is -0.902. The van der Waals surface area contributed by atoms with Crippen LogP contribution in [0.4, 0.5) is 4.79 Å². The third-order valence-electron chi connectivity index (χ3n) is 5.01. The summed E-state index contributed by atoms with van der Waals surface area (Å²) in [5.74, 6) is 0.835. The van der Waals surface area contributed by atoms with Gasteiger partial charge in [-0.25, -0.2) is 4.79 Å². The molecule has 0 aromatic heterocycles. The fourth-order valence-corrected chi connectivity index (χ4v) is 3.55. The van der Waals surface area contributed by atoms with Crippen LogP contribution in [-0.2, 0) is 9.53 Å². The maximum Gasteiger partial charge on any atom is 0.410 e. The van der Waals surface area contributed by atoms with Crippen LogP contribution in [0, 0.1) is 5.41 Å². The Balaban J connectivity index is 0.00000841. The molecular weight excluding hydrogens is 497 g/mol. The van der Waals surface area contributed by atoms with Gasteiger partial charge in [0.2, 0.25) is 5.91 Å². The number of nitrogens with zero attached hydrogens (tertiary/aromatic N) is 3. The molecule has 1 rings (SSSR count). The maximum absolute atomic E-state index is 12.7. The number of amides is 2. The molecule has 0 saturated heterocycles. The number of rotatable bonds is 8. The van der Waals surface area contributed by atoms with Crippen LogP contribution in [0.2, 0.25) is 0 Å². The Labute approximate surface area is 199 Å². The number of aliphatic imine (C=N–C) groups is 1. The van der Waals surface area contributed by atoms with Crippen molar-refractivity contribution in [2.75, 3.05) is 46.8 Å². The van der Waals surface area contributed by atoms with E-state index >= 15 is 0 Å². The molecule has 0 radical (unpaired) electrons. The molecule has 9 heteroatoms. The summed E-state index contributed by atoms with van der Waals surface area (Å²) in [6.45, 7) is 12.4. The minimum Gasteiger partial charge on any atom is -0.444 e. The van der Waals surface area contributed by atoms with Crippen LogP contribution in [0.15, 0.2) is 4.99 Å². The van der Waals surface area contributed by atoms with Crippen molar-refractivity contribution in [2.24, 2.45) is 10.4 Å². The van der Waals surface area contributed by atoms with Gasteiger partial charge in [-0.1, -0.05) is 12.8 Å². The zero-order chi connectivity index (χ0) is 22.1. The molecule has 0 aromatic carbocycles. The van der Waals surface area contributed by atoms with Gasteiger partial charge in [0, 0.05) is 40.3 Å². The Kier molecular flexibility index (Phi) is 12.7. The summed E-state index contributed by atoms with van der Waals surface area (Å²) < 4.78 is 5.44. The predicted molar refractivity (Wildman–Crippen MR) is 132 cm³/mol. The number of halogens is 1. The third kappa shape index (κ3) is 9.26. The SMILES string of the molecule is CCNC(=NCC1(C(=O)N(C)C)CCCC1)NCCN(CC)C(=O)OC(C)(C)C.I. The molecule has 30 heavy (non-hydrogen) atoms. The first-order chi connectivity index (χ1) is 13.5. The van der Waals surface area contributed by atoms with Gasteiger partial charge in [0.25, 0.3) is 0 Å². The quantitative estimate of drug-likeness (QED) is 0.282. The zero-order valence-corrected chi connectivity index (χ0v) is 22.2. The summed E-state index contributed by atoms with van der Waals surface area (Å²) >= 11 is 0. The minimum absolute atomic E-state index is 0. The fraction of sp³-hybridized carbons (Fsp3) is 0.857. The van der Waals surface area contributed by atoms with E-state index in [9.17, 15) is 9.59 Å². The van der Waals surface area contributed by atoms with E-state index < -0.39 is 11.0 Å². The molecule has 1 aliphatic carbocycles. The van der Waals surface area contributed by atoms with E-state index in [-0.39, 0.29) is 36.0 Å². The highest BCUT2D eigenvalue weighted by molar-refractivity contribution is 14.0. The number of hydrogen-bond donors (Lipinski definition) is 2. The molecule has 0 spiro atoms. The molecule has 0 heterocycles.